The van der Waals surface area contributed by atoms with Crippen LogP contribution in [0.15, 0.2) is 67.1 Å². The van der Waals surface area contributed by atoms with Gasteiger partial charge in [0.15, 0.2) is 5.65 Å². The van der Waals surface area contributed by atoms with Crippen LogP contribution < -0.4 is 5.32 Å². The number of nitrogens with zero attached hydrogens (tertiary/aromatic N) is 4. The Morgan fingerprint density at radius 3 is 2.67 bits per heavy atom. The molecular weight excluding hydrogens is 338 g/mol. The number of hydrogen-bond donors (Lipinski definition) is 1. The first-order valence-electron chi connectivity index (χ1n) is 8.74. The van der Waals surface area contributed by atoms with E-state index in [9.17, 15) is 4.79 Å². The molecule has 6 nitrogen and oxygen atoms in total. The molecule has 1 N–H and O–H groups in total. The fourth-order valence-electron chi connectivity index (χ4n) is 2.94. The summed E-state index contributed by atoms with van der Waals surface area (Å²) in [5.41, 5.74) is 4.53. The first-order chi connectivity index (χ1) is 13.2. The number of hydrogen-bond acceptors (Lipinski definition) is 4. The van der Waals surface area contributed by atoms with Gasteiger partial charge in [-0.3, -0.25) is 9.78 Å². The van der Waals surface area contributed by atoms with Crippen molar-refractivity contribution in [2.24, 2.45) is 0 Å². The van der Waals surface area contributed by atoms with E-state index < -0.39 is 0 Å². The standard InChI is InChI=1S/C21H19N5O/c1-15-6-8-16(9-7-15)14-26-19(25-18-5-3-11-23-20(18)26)13-24-21(27)17-4-2-10-22-12-17/h2-12H,13-14H2,1H3,(H,24,27). The smallest absolute Gasteiger partial charge is 0.253 e. The molecule has 134 valence electrons. The summed E-state index contributed by atoms with van der Waals surface area (Å²) in [7, 11) is 0. The third-order valence-electron chi connectivity index (χ3n) is 4.37. The Kier molecular flexibility index (Phi) is 4.61. The summed E-state index contributed by atoms with van der Waals surface area (Å²) in [6.45, 7) is 3.03. The number of carbonyl (C=O) groups is 1. The van der Waals surface area contributed by atoms with Crippen molar-refractivity contribution in [1.82, 2.24) is 24.8 Å². The summed E-state index contributed by atoms with van der Waals surface area (Å²) in [4.78, 5) is 25.5. The molecule has 0 atom stereocenters. The van der Waals surface area contributed by atoms with Crippen LogP contribution in [0, 0.1) is 6.92 Å². The Hall–Kier alpha value is -3.54. The van der Waals surface area contributed by atoms with Gasteiger partial charge in [0.1, 0.15) is 11.3 Å². The maximum Gasteiger partial charge on any atom is 0.253 e. The van der Waals surface area contributed by atoms with Crippen molar-refractivity contribution in [3.8, 4) is 0 Å². The van der Waals surface area contributed by atoms with Gasteiger partial charge in [0, 0.05) is 18.6 Å². The van der Waals surface area contributed by atoms with Crippen LogP contribution in [0.25, 0.3) is 11.2 Å². The van der Waals surface area contributed by atoms with Gasteiger partial charge in [-0.05, 0) is 36.8 Å². The third-order valence-corrected chi connectivity index (χ3v) is 4.37. The van der Waals surface area contributed by atoms with Crippen LogP contribution in [0.2, 0.25) is 0 Å². The van der Waals surface area contributed by atoms with Gasteiger partial charge in [0.05, 0.1) is 18.7 Å². The number of imidazole rings is 1. The molecule has 27 heavy (non-hydrogen) atoms. The van der Waals surface area contributed by atoms with Gasteiger partial charge in [0.25, 0.3) is 5.91 Å². The highest BCUT2D eigenvalue weighted by atomic mass is 16.1. The quantitative estimate of drug-likeness (QED) is 0.596. The first-order valence-corrected chi connectivity index (χ1v) is 8.74. The molecule has 0 saturated carbocycles. The molecule has 0 saturated heterocycles. The molecule has 0 aliphatic heterocycles. The van der Waals surface area contributed by atoms with Crippen LogP contribution in [-0.4, -0.2) is 25.4 Å². The average molecular weight is 357 g/mol. The Bertz CT molecular complexity index is 1070. The Morgan fingerprint density at radius 2 is 1.89 bits per heavy atom. The zero-order valence-corrected chi connectivity index (χ0v) is 15.0. The van der Waals surface area contributed by atoms with E-state index in [1.165, 1.54) is 5.56 Å². The van der Waals surface area contributed by atoms with Crippen molar-refractivity contribution in [3.05, 3.63) is 89.6 Å². The van der Waals surface area contributed by atoms with Crippen LogP contribution in [-0.2, 0) is 13.1 Å². The topological polar surface area (TPSA) is 72.7 Å². The molecule has 1 amide bonds. The van der Waals surface area contributed by atoms with Gasteiger partial charge in [-0.2, -0.15) is 0 Å². The van der Waals surface area contributed by atoms with Crippen LogP contribution >= 0.6 is 0 Å². The third kappa shape index (κ3) is 3.69. The summed E-state index contributed by atoms with van der Waals surface area (Å²) in [5.74, 6) is 0.589. The number of aromatic nitrogens is 4. The Balaban J connectivity index is 1.61. The lowest BCUT2D eigenvalue weighted by Crippen LogP contribution is -2.25. The number of amides is 1. The zero-order chi connectivity index (χ0) is 18.6. The van der Waals surface area contributed by atoms with Crippen molar-refractivity contribution in [3.63, 3.8) is 0 Å². The van der Waals surface area contributed by atoms with Crippen molar-refractivity contribution in [2.45, 2.75) is 20.0 Å². The number of carbonyl (C=O) groups excluding carboxylic acids is 1. The highest BCUT2D eigenvalue weighted by Crippen LogP contribution is 2.16. The number of fused-ring (bicyclic) bond motifs is 1. The molecule has 0 unspecified atom stereocenters. The fraction of sp³-hybridized carbons (Fsp3) is 0.143. The normalized spacial score (nSPS) is 10.9. The number of aryl methyl sites for hydroxylation is 1. The predicted molar refractivity (Wildman–Crippen MR) is 103 cm³/mol. The molecule has 4 aromatic rings. The molecule has 0 fully saturated rings. The fourth-order valence-corrected chi connectivity index (χ4v) is 2.94. The van der Waals surface area contributed by atoms with Crippen LogP contribution in [0.3, 0.4) is 0 Å². The molecule has 6 heteroatoms. The minimum Gasteiger partial charge on any atom is -0.345 e. The second-order valence-corrected chi connectivity index (χ2v) is 6.37. The lowest BCUT2D eigenvalue weighted by atomic mass is 10.1. The summed E-state index contributed by atoms with van der Waals surface area (Å²) < 4.78 is 2.05. The van der Waals surface area contributed by atoms with Gasteiger partial charge >= 0.3 is 0 Å². The molecule has 1 aromatic carbocycles. The minimum atomic E-state index is -0.176. The largest absolute Gasteiger partial charge is 0.345 e. The predicted octanol–water partition coefficient (Wildman–Crippen LogP) is 3.11. The van der Waals surface area contributed by atoms with Crippen LogP contribution in [0.4, 0.5) is 0 Å². The molecule has 3 heterocycles. The zero-order valence-electron chi connectivity index (χ0n) is 15.0. The van der Waals surface area contributed by atoms with E-state index in [-0.39, 0.29) is 5.91 Å². The van der Waals surface area contributed by atoms with Crippen molar-refractivity contribution < 1.29 is 4.79 Å². The number of pyridine rings is 2. The summed E-state index contributed by atoms with van der Waals surface area (Å²) >= 11 is 0. The van der Waals surface area contributed by atoms with Gasteiger partial charge in [-0.1, -0.05) is 29.8 Å². The molecule has 4 rings (SSSR count). The van der Waals surface area contributed by atoms with E-state index in [4.69, 9.17) is 0 Å². The Morgan fingerprint density at radius 1 is 1.07 bits per heavy atom. The van der Waals surface area contributed by atoms with Gasteiger partial charge < -0.3 is 9.88 Å². The van der Waals surface area contributed by atoms with Crippen molar-refractivity contribution >= 4 is 17.1 Å². The summed E-state index contributed by atoms with van der Waals surface area (Å²) in [6.07, 6.45) is 4.95. The van der Waals surface area contributed by atoms with E-state index in [0.29, 0.717) is 18.7 Å². The minimum absolute atomic E-state index is 0.176. The molecule has 0 spiro atoms. The highest BCUT2D eigenvalue weighted by molar-refractivity contribution is 5.93. The Labute approximate surface area is 156 Å². The highest BCUT2D eigenvalue weighted by Gasteiger charge is 2.13. The molecule has 0 aliphatic rings. The molecular formula is C21H19N5O. The molecule has 3 aromatic heterocycles. The summed E-state index contributed by atoms with van der Waals surface area (Å²) in [6, 6.07) is 15.6. The molecule has 0 aliphatic carbocycles. The maximum atomic E-state index is 12.3. The SMILES string of the molecule is Cc1ccc(Cn2c(CNC(=O)c3cccnc3)nc3cccnc32)cc1. The van der Waals surface area contributed by atoms with Crippen LogP contribution in [0.1, 0.15) is 27.3 Å². The van der Waals surface area contributed by atoms with Crippen LogP contribution in [0.5, 0.6) is 0 Å². The van der Waals surface area contributed by atoms with E-state index in [0.717, 1.165) is 22.6 Å². The summed E-state index contributed by atoms with van der Waals surface area (Å²) in [5, 5.41) is 2.92. The first kappa shape index (κ1) is 16.9. The van der Waals surface area contributed by atoms with Gasteiger partial charge in [-0.25, -0.2) is 9.97 Å². The van der Waals surface area contributed by atoms with E-state index in [1.54, 1.807) is 30.7 Å². The number of nitrogens with one attached hydrogen (secondary N) is 1. The van der Waals surface area contributed by atoms with Gasteiger partial charge in [0.2, 0.25) is 0 Å². The van der Waals surface area contributed by atoms with E-state index in [1.807, 2.05) is 16.7 Å². The van der Waals surface area contributed by atoms with Crippen molar-refractivity contribution in [1.29, 1.82) is 0 Å². The average Bonchev–Trinajstić information content (AvgIpc) is 3.06. The van der Waals surface area contributed by atoms with Gasteiger partial charge in [-0.15, -0.1) is 0 Å². The van der Waals surface area contributed by atoms with Crippen molar-refractivity contribution in [2.75, 3.05) is 0 Å². The second kappa shape index (κ2) is 7.37. The van der Waals surface area contributed by atoms with E-state index in [2.05, 4.69) is 51.5 Å². The lowest BCUT2D eigenvalue weighted by Gasteiger charge is -2.10. The number of benzene rings is 1. The molecule has 0 radical (unpaired) electrons. The second-order valence-electron chi connectivity index (χ2n) is 6.37. The number of rotatable bonds is 5. The molecule has 0 bridgehead atoms. The maximum absolute atomic E-state index is 12.3. The van der Waals surface area contributed by atoms with E-state index >= 15 is 0 Å². The monoisotopic (exact) mass is 357 g/mol. The lowest BCUT2D eigenvalue weighted by molar-refractivity contribution is 0.0949.